The van der Waals surface area contributed by atoms with Gasteiger partial charge in [0, 0.05) is 13.0 Å². The summed E-state index contributed by atoms with van der Waals surface area (Å²) < 4.78 is 11.5. The lowest BCUT2D eigenvalue weighted by Gasteiger charge is -2.22. The second-order valence-corrected chi connectivity index (χ2v) is 6.65. The summed E-state index contributed by atoms with van der Waals surface area (Å²) in [6, 6.07) is 16.6. The van der Waals surface area contributed by atoms with Crippen LogP contribution >= 0.6 is 12.4 Å². The van der Waals surface area contributed by atoms with E-state index in [4.69, 9.17) is 9.47 Å². The van der Waals surface area contributed by atoms with E-state index in [0.717, 1.165) is 44.0 Å². The molecule has 2 aromatic carbocycles. The Labute approximate surface area is 171 Å². The predicted molar refractivity (Wildman–Crippen MR) is 117 cm³/mol. The van der Waals surface area contributed by atoms with E-state index in [1.165, 1.54) is 24.0 Å². The van der Waals surface area contributed by atoms with Crippen LogP contribution in [0.4, 0.5) is 0 Å². The molecule has 4 heteroatoms. The molecule has 0 saturated carbocycles. The minimum Gasteiger partial charge on any atom is -0.497 e. The number of methoxy groups -OCH3 is 1. The van der Waals surface area contributed by atoms with Gasteiger partial charge in [-0.1, -0.05) is 44.2 Å². The monoisotopic (exact) mass is 391 g/mol. The first-order valence-corrected chi connectivity index (χ1v) is 9.82. The van der Waals surface area contributed by atoms with Gasteiger partial charge in [0.2, 0.25) is 0 Å². The SMILES string of the molecule is CCCN(CCC)CCc1cc(OC)ccc1OCCc1ccccc1.Cl. The molecule has 0 radical (unpaired) electrons. The number of hydrogen-bond donors (Lipinski definition) is 0. The van der Waals surface area contributed by atoms with Crippen LogP contribution in [-0.2, 0) is 12.8 Å². The summed E-state index contributed by atoms with van der Waals surface area (Å²) in [7, 11) is 1.72. The van der Waals surface area contributed by atoms with Crippen LogP contribution in [0.25, 0.3) is 0 Å². The third kappa shape index (κ3) is 8.23. The van der Waals surface area contributed by atoms with Crippen molar-refractivity contribution in [3.63, 3.8) is 0 Å². The molecule has 0 aliphatic carbocycles. The van der Waals surface area contributed by atoms with Crippen LogP contribution in [0.15, 0.2) is 48.5 Å². The van der Waals surface area contributed by atoms with Gasteiger partial charge in [-0.05, 0) is 61.7 Å². The molecule has 0 fully saturated rings. The molecule has 0 bridgehead atoms. The molecule has 0 amide bonds. The predicted octanol–water partition coefficient (Wildman–Crippen LogP) is 5.40. The van der Waals surface area contributed by atoms with E-state index in [9.17, 15) is 0 Å². The van der Waals surface area contributed by atoms with Gasteiger partial charge in [0.05, 0.1) is 13.7 Å². The number of ether oxygens (including phenoxy) is 2. The summed E-state index contributed by atoms with van der Waals surface area (Å²) in [5.74, 6) is 1.88. The van der Waals surface area contributed by atoms with Crippen molar-refractivity contribution in [2.24, 2.45) is 0 Å². The van der Waals surface area contributed by atoms with Gasteiger partial charge < -0.3 is 14.4 Å². The standard InChI is InChI=1S/C23H33NO2.ClH/c1-4-15-24(16-5-2)17-13-21-19-22(25-3)11-12-23(21)26-18-14-20-9-7-6-8-10-20;/h6-12,19H,4-5,13-18H2,1-3H3;1H. The zero-order chi connectivity index (χ0) is 18.6. The fraction of sp³-hybridized carbons (Fsp3) is 0.478. The Kier molecular flexibility index (Phi) is 11.6. The number of nitrogens with zero attached hydrogens (tertiary/aromatic N) is 1. The summed E-state index contributed by atoms with van der Waals surface area (Å²) in [6.07, 6.45) is 4.29. The maximum Gasteiger partial charge on any atom is 0.122 e. The molecule has 0 aromatic heterocycles. The second kappa shape index (κ2) is 13.5. The molecular formula is C23H34ClNO2. The van der Waals surface area contributed by atoms with Crippen molar-refractivity contribution in [3.05, 3.63) is 59.7 Å². The van der Waals surface area contributed by atoms with Crippen LogP contribution in [0.1, 0.15) is 37.8 Å². The molecule has 2 rings (SSSR count). The van der Waals surface area contributed by atoms with Crippen molar-refractivity contribution in [1.82, 2.24) is 4.90 Å². The molecule has 0 N–H and O–H groups in total. The maximum absolute atomic E-state index is 6.12. The molecular weight excluding hydrogens is 358 g/mol. The molecule has 150 valence electrons. The van der Waals surface area contributed by atoms with Crippen molar-refractivity contribution in [3.8, 4) is 11.5 Å². The quantitative estimate of drug-likeness (QED) is 0.483. The van der Waals surface area contributed by atoms with Crippen LogP contribution in [-0.4, -0.2) is 38.3 Å². The lowest BCUT2D eigenvalue weighted by Crippen LogP contribution is -2.27. The molecule has 0 heterocycles. The summed E-state index contributed by atoms with van der Waals surface area (Å²) >= 11 is 0. The van der Waals surface area contributed by atoms with Gasteiger partial charge in [0.25, 0.3) is 0 Å². The highest BCUT2D eigenvalue weighted by Gasteiger charge is 2.09. The first kappa shape index (κ1) is 23.3. The zero-order valence-electron chi connectivity index (χ0n) is 16.9. The van der Waals surface area contributed by atoms with E-state index in [-0.39, 0.29) is 12.4 Å². The van der Waals surface area contributed by atoms with E-state index in [1.807, 2.05) is 18.2 Å². The van der Waals surface area contributed by atoms with Crippen LogP contribution < -0.4 is 9.47 Å². The van der Waals surface area contributed by atoms with Crippen molar-refractivity contribution in [2.45, 2.75) is 39.5 Å². The van der Waals surface area contributed by atoms with Crippen molar-refractivity contribution in [1.29, 1.82) is 0 Å². The number of rotatable bonds is 12. The Morgan fingerprint density at radius 3 is 2.19 bits per heavy atom. The van der Waals surface area contributed by atoms with Crippen LogP contribution in [0, 0.1) is 0 Å². The van der Waals surface area contributed by atoms with E-state index < -0.39 is 0 Å². The molecule has 0 saturated heterocycles. The van der Waals surface area contributed by atoms with E-state index in [0.29, 0.717) is 6.61 Å². The smallest absolute Gasteiger partial charge is 0.122 e. The number of hydrogen-bond acceptors (Lipinski definition) is 3. The normalized spacial score (nSPS) is 10.5. The highest BCUT2D eigenvalue weighted by molar-refractivity contribution is 5.85. The first-order chi connectivity index (χ1) is 12.8. The second-order valence-electron chi connectivity index (χ2n) is 6.65. The highest BCUT2D eigenvalue weighted by atomic mass is 35.5. The number of benzene rings is 2. The van der Waals surface area contributed by atoms with Gasteiger partial charge in [-0.15, -0.1) is 12.4 Å². The highest BCUT2D eigenvalue weighted by Crippen LogP contribution is 2.25. The van der Waals surface area contributed by atoms with Gasteiger partial charge >= 0.3 is 0 Å². The number of halogens is 1. The van der Waals surface area contributed by atoms with Crippen molar-refractivity contribution < 1.29 is 9.47 Å². The summed E-state index contributed by atoms with van der Waals surface area (Å²) in [6.45, 7) is 8.55. The summed E-state index contributed by atoms with van der Waals surface area (Å²) in [5, 5.41) is 0. The minimum absolute atomic E-state index is 0. The molecule has 3 nitrogen and oxygen atoms in total. The van der Waals surface area contributed by atoms with Crippen molar-refractivity contribution in [2.75, 3.05) is 33.4 Å². The average molecular weight is 392 g/mol. The lowest BCUT2D eigenvalue weighted by molar-refractivity contribution is 0.274. The van der Waals surface area contributed by atoms with E-state index >= 15 is 0 Å². The van der Waals surface area contributed by atoms with Gasteiger partial charge in [-0.3, -0.25) is 0 Å². The Bertz CT molecular complexity index is 628. The molecule has 0 unspecified atom stereocenters. The average Bonchev–Trinajstić information content (AvgIpc) is 2.68. The lowest BCUT2D eigenvalue weighted by atomic mass is 10.1. The van der Waals surface area contributed by atoms with Crippen LogP contribution in [0.5, 0.6) is 11.5 Å². The molecule has 27 heavy (non-hydrogen) atoms. The third-order valence-corrected chi connectivity index (χ3v) is 4.54. The van der Waals surface area contributed by atoms with E-state index in [1.54, 1.807) is 7.11 Å². The van der Waals surface area contributed by atoms with Gasteiger partial charge in [-0.25, -0.2) is 0 Å². The third-order valence-electron chi connectivity index (χ3n) is 4.54. The Morgan fingerprint density at radius 1 is 0.852 bits per heavy atom. The maximum atomic E-state index is 6.12. The Hall–Kier alpha value is -1.71. The molecule has 0 aliphatic heterocycles. The van der Waals surface area contributed by atoms with Gasteiger partial charge in [0.1, 0.15) is 11.5 Å². The Morgan fingerprint density at radius 2 is 1.56 bits per heavy atom. The minimum atomic E-state index is 0. The molecule has 2 aromatic rings. The van der Waals surface area contributed by atoms with Crippen molar-refractivity contribution >= 4 is 12.4 Å². The molecule has 0 aliphatic rings. The fourth-order valence-electron chi connectivity index (χ4n) is 3.19. The van der Waals surface area contributed by atoms with Crippen LogP contribution in [0.3, 0.4) is 0 Å². The van der Waals surface area contributed by atoms with Crippen LogP contribution in [0.2, 0.25) is 0 Å². The molecule has 0 atom stereocenters. The Balaban J connectivity index is 0.00000364. The largest absolute Gasteiger partial charge is 0.497 e. The fourth-order valence-corrected chi connectivity index (χ4v) is 3.19. The van der Waals surface area contributed by atoms with E-state index in [2.05, 4.69) is 49.1 Å². The topological polar surface area (TPSA) is 21.7 Å². The zero-order valence-corrected chi connectivity index (χ0v) is 17.8. The summed E-state index contributed by atoms with van der Waals surface area (Å²) in [4.78, 5) is 2.53. The van der Waals surface area contributed by atoms with Gasteiger partial charge in [0.15, 0.2) is 0 Å². The summed E-state index contributed by atoms with van der Waals surface area (Å²) in [5.41, 5.74) is 2.54. The first-order valence-electron chi connectivity index (χ1n) is 9.82. The molecule has 0 spiro atoms. The van der Waals surface area contributed by atoms with Gasteiger partial charge in [-0.2, -0.15) is 0 Å².